The first kappa shape index (κ1) is 10.3. The van der Waals surface area contributed by atoms with E-state index in [0.717, 1.165) is 0 Å². The second kappa shape index (κ2) is 4.10. The number of aromatic carboxylic acids is 1. The van der Waals surface area contributed by atoms with E-state index in [9.17, 15) is 4.79 Å². The maximum absolute atomic E-state index is 11.1. The second-order valence-electron chi connectivity index (χ2n) is 3.28. The number of aromatic nitrogens is 1. The summed E-state index contributed by atoms with van der Waals surface area (Å²) in [6.45, 7) is 0. The van der Waals surface area contributed by atoms with Gasteiger partial charge in [0.05, 0.1) is 18.4 Å². The lowest BCUT2D eigenvalue weighted by molar-refractivity contribution is 0.0697. The predicted octanol–water partition coefficient (Wildman–Crippen LogP) is 2.18. The van der Waals surface area contributed by atoms with Crippen LogP contribution >= 0.6 is 0 Å². The van der Waals surface area contributed by atoms with Crippen molar-refractivity contribution in [2.24, 2.45) is 0 Å². The molecule has 0 unspecified atom stereocenters. The van der Waals surface area contributed by atoms with Crippen LogP contribution in [0.25, 0.3) is 5.69 Å². The Bertz CT molecular complexity index is 503. The smallest absolute Gasteiger partial charge is 0.337 e. The molecule has 0 fully saturated rings. The van der Waals surface area contributed by atoms with Gasteiger partial charge in [-0.15, -0.1) is 0 Å². The van der Waals surface area contributed by atoms with Gasteiger partial charge in [0.2, 0.25) is 0 Å². The predicted molar refractivity (Wildman–Crippen MR) is 59.3 cm³/mol. The summed E-state index contributed by atoms with van der Waals surface area (Å²) < 4.78 is 6.82. The van der Waals surface area contributed by atoms with Gasteiger partial charge in [-0.2, -0.15) is 0 Å². The first-order valence-corrected chi connectivity index (χ1v) is 4.77. The van der Waals surface area contributed by atoms with Crippen molar-refractivity contribution in [3.8, 4) is 11.4 Å². The molecule has 0 aliphatic rings. The summed E-state index contributed by atoms with van der Waals surface area (Å²) >= 11 is 0. The van der Waals surface area contributed by atoms with E-state index in [1.54, 1.807) is 36.2 Å². The number of carboxylic acid groups (broad SMARTS) is 1. The molecule has 0 radical (unpaired) electrons. The third-order valence-corrected chi connectivity index (χ3v) is 2.32. The molecule has 1 N–H and O–H groups in total. The summed E-state index contributed by atoms with van der Waals surface area (Å²) in [4.78, 5) is 11.1. The molecule has 1 aromatic heterocycles. The average molecular weight is 217 g/mol. The van der Waals surface area contributed by atoms with Crippen molar-refractivity contribution in [2.75, 3.05) is 7.11 Å². The largest absolute Gasteiger partial charge is 0.497 e. The van der Waals surface area contributed by atoms with E-state index in [1.165, 1.54) is 6.07 Å². The van der Waals surface area contributed by atoms with Gasteiger partial charge in [0.1, 0.15) is 5.75 Å². The number of nitrogens with zero attached hydrogens (tertiary/aromatic N) is 1. The lowest BCUT2D eigenvalue weighted by Crippen LogP contribution is -2.04. The molecule has 0 atom stereocenters. The van der Waals surface area contributed by atoms with E-state index in [0.29, 0.717) is 11.4 Å². The fourth-order valence-corrected chi connectivity index (χ4v) is 1.53. The number of carbonyl (C=O) groups is 1. The van der Waals surface area contributed by atoms with Crippen LogP contribution in [-0.2, 0) is 0 Å². The highest BCUT2D eigenvalue weighted by molar-refractivity contribution is 5.92. The molecule has 1 aromatic carbocycles. The molecule has 4 nitrogen and oxygen atoms in total. The number of rotatable bonds is 3. The van der Waals surface area contributed by atoms with Crippen LogP contribution in [0.5, 0.6) is 5.75 Å². The fourth-order valence-electron chi connectivity index (χ4n) is 1.53. The Kier molecular flexibility index (Phi) is 2.64. The maximum atomic E-state index is 11.1. The van der Waals surface area contributed by atoms with Crippen LogP contribution in [-0.4, -0.2) is 22.8 Å². The van der Waals surface area contributed by atoms with Crippen LogP contribution in [0.2, 0.25) is 0 Å². The molecule has 0 bridgehead atoms. The Morgan fingerprint density at radius 1 is 1.31 bits per heavy atom. The molecule has 0 aliphatic heterocycles. The summed E-state index contributed by atoms with van der Waals surface area (Å²) in [6, 6.07) is 8.55. The Morgan fingerprint density at radius 3 is 2.56 bits per heavy atom. The quantitative estimate of drug-likeness (QED) is 0.857. The van der Waals surface area contributed by atoms with E-state index in [4.69, 9.17) is 9.84 Å². The minimum Gasteiger partial charge on any atom is -0.497 e. The highest BCUT2D eigenvalue weighted by atomic mass is 16.5. The van der Waals surface area contributed by atoms with Crippen molar-refractivity contribution in [3.63, 3.8) is 0 Å². The fraction of sp³-hybridized carbons (Fsp3) is 0.0833. The summed E-state index contributed by atoms with van der Waals surface area (Å²) in [5.41, 5.74) is 0.842. The molecule has 0 aliphatic carbocycles. The highest BCUT2D eigenvalue weighted by Gasteiger charge is 2.11. The third-order valence-electron chi connectivity index (χ3n) is 2.32. The molecule has 0 amide bonds. The number of hydrogen-bond acceptors (Lipinski definition) is 2. The summed E-state index contributed by atoms with van der Waals surface area (Å²) in [6.07, 6.45) is 3.59. The Hall–Kier alpha value is -2.23. The summed E-state index contributed by atoms with van der Waals surface area (Å²) in [7, 11) is 1.55. The maximum Gasteiger partial charge on any atom is 0.337 e. The molecule has 82 valence electrons. The highest BCUT2D eigenvalue weighted by Crippen LogP contribution is 2.21. The van der Waals surface area contributed by atoms with Gasteiger partial charge in [-0.25, -0.2) is 4.79 Å². The Morgan fingerprint density at radius 2 is 2.00 bits per heavy atom. The SMILES string of the molecule is COc1ccc(C(=O)O)c(-n2cccc2)c1. The van der Waals surface area contributed by atoms with E-state index < -0.39 is 5.97 Å². The van der Waals surface area contributed by atoms with Gasteiger partial charge in [0.25, 0.3) is 0 Å². The molecule has 1 heterocycles. The van der Waals surface area contributed by atoms with Gasteiger partial charge < -0.3 is 14.4 Å². The van der Waals surface area contributed by atoms with Crippen molar-refractivity contribution in [2.45, 2.75) is 0 Å². The first-order chi connectivity index (χ1) is 7.72. The van der Waals surface area contributed by atoms with Gasteiger partial charge in [-0.3, -0.25) is 0 Å². The lowest BCUT2D eigenvalue weighted by atomic mass is 10.1. The topological polar surface area (TPSA) is 51.5 Å². The Balaban J connectivity index is 2.59. The van der Waals surface area contributed by atoms with E-state index in [2.05, 4.69) is 0 Å². The zero-order valence-electron chi connectivity index (χ0n) is 8.75. The Labute approximate surface area is 92.7 Å². The van der Waals surface area contributed by atoms with Gasteiger partial charge >= 0.3 is 5.97 Å². The summed E-state index contributed by atoms with van der Waals surface area (Å²) in [5.74, 6) is -0.319. The van der Waals surface area contributed by atoms with Crippen molar-refractivity contribution in [3.05, 3.63) is 48.3 Å². The van der Waals surface area contributed by atoms with E-state index in [1.807, 2.05) is 12.1 Å². The van der Waals surface area contributed by atoms with Crippen LogP contribution in [0.4, 0.5) is 0 Å². The summed E-state index contributed by atoms with van der Waals surface area (Å²) in [5, 5.41) is 9.07. The van der Waals surface area contributed by atoms with Gasteiger partial charge in [-0.05, 0) is 24.3 Å². The molecule has 0 saturated carbocycles. The van der Waals surface area contributed by atoms with E-state index in [-0.39, 0.29) is 5.56 Å². The monoisotopic (exact) mass is 217 g/mol. The molecular formula is C12H11NO3. The molecule has 2 rings (SSSR count). The van der Waals surface area contributed by atoms with Crippen LogP contribution in [0.1, 0.15) is 10.4 Å². The average Bonchev–Trinajstić information content (AvgIpc) is 2.81. The molecular weight excluding hydrogens is 206 g/mol. The van der Waals surface area contributed by atoms with Gasteiger partial charge in [0, 0.05) is 18.5 Å². The van der Waals surface area contributed by atoms with E-state index >= 15 is 0 Å². The lowest BCUT2D eigenvalue weighted by Gasteiger charge is -2.09. The van der Waals surface area contributed by atoms with Crippen LogP contribution in [0.15, 0.2) is 42.7 Å². The second-order valence-corrected chi connectivity index (χ2v) is 3.28. The zero-order valence-corrected chi connectivity index (χ0v) is 8.75. The van der Waals surface area contributed by atoms with Crippen LogP contribution in [0, 0.1) is 0 Å². The van der Waals surface area contributed by atoms with Crippen LogP contribution in [0.3, 0.4) is 0 Å². The molecule has 2 aromatic rings. The van der Waals surface area contributed by atoms with Gasteiger partial charge in [-0.1, -0.05) is 0 Å². The third kappa shape index (κ3) is 1.77. The number of hydrogen-bond donors (Lipinski definition) is 1. The van der Waals surface area contributed by atoms with Crippen molar-refractivity contribution in [1.82, 2.24) is 4.57 Å². The molecule has 16 heavy (non-hydrogen) atoms. The minimum atomic E-state index is -0.952. The van der Waals surface area contributed by atoms with Crippen molar-refractivity contribution < 1.29 is 14.6 Å². The van der Waals surface area contributed by atoms with Crippen LogP contribution < -0.4 is 4.74 Å². The zero-order chi connectivity index (χ0) is 11.5. The van der Waals surface area contributed by atoms with Crippen molar-refractivity contribution in [1.29, 1.82) is 0 Å². The standard InChI is InChI=1S/C12H11NO3/c1-16-9-4-5-10(12(14)15)11(8-9)13-6-2-3-7-13/h2-8H,1H3,(H,14,15). The number of carboxylic acids is 1. The molecule has 0 saturated heterocycles. The van der Waals surface area contributed by atoms with Gasteiger partial charge in [0.15, 0.2) is 0 Å². The normalized spacial score (nSPS) is 10.1. The minimum absolute atomic E-state index is 0.247. The molecule has 0 spiro atoms. The number of ether oxygens (including phenoxy) is 1. The number of methoxy groups -OCH3 is 1. The molecule has 4 heteroatoms. The van der Waals surface area contributed by atoms with Crippen molar-refractivity contribution >= 4 is 5.97 Å². The number of benzene rings is 1. The first-order valence-electron chi connectivity index (χ1n) is 4.77.